The van der Waals surface area contributed by atoms with Gasteiger partial charge in [-0.2, -0.15) is 0 Å². The summed E-state index contributed by atoms with van der Waals surface area (Å²) in [6.07, 6.45) is 1.36. The van der Waals surface area contributed by atoms with Crippen LogP contribution in [0.5, 0.6) is 5.06 Å². The lowest BCUT2D eigenvalue weighted by atomic mass is 10.0. The van der Waals surface area contributed by atoms with Crippen LogP contribution in [0.25, 0.3) is 0 Å². The number of nitrogens with zero attached hydrogens (tertiary/aromatic N) is 1. The Labute approximate surface area is 157 Å². The zero-order chi connectivity index (χ0) is 18.5. The highest BCUT2D eigenvalue weighted by Crippen LogP contribution is 2.23. The molecule has 0 saturated heterocycles. The fourth-order valence-electron chi connectivity index (χ4n) is 2.87. The minimum Gasteiger partial charge on any atom is -0.399 e. The molecule has 0 radical (unpaired) electrons. The molecule has 0 fully saturated rings. The van der Waals surface area contributed by atoms with Crippen LogP contribution in [0.2, 0.25) is 0 Å². The number of fused-ring (bicyclic) bond motifs is 1. The molecule has 0 spiro atoms. The molecular formula is C19H23N3O3S. The van der Waals surface area contributed by atoms with Crippen molar-refractivity contribution in [3.63, 3.8) is 0 Å². The summed E-state index contributed by atoms with van der Waals surface area (Å²) >= 11 is 1.38. The molecule has 2 aromatic rings. The van der Waals surface area contributed by atoms with E-state index in [0.717, 1.165) is 36.5 Å². The second-order valence-corrected chi connectivity index (χ2v) is 7.69. The van der Waals surface area contributed by atoms with E-state index < -0.39 is 6.09 Å². The summed E-state index contributed by atoms with van der Waals surface area (Å²) in [7, 11) is 2.12. The number of hydrogen-bond acceptors (Lipinski definition) is 5. The number of likely N-dealkylation sites (N-methyl/N-ethyl adjacent to an activating group) is 1. The SMILES string of the molecule is Cc1ccc(OC(=O)NCC(=O)Nc2ccc3c(c2)CCN(C)CC3)s1. The average Bonchev–Trinajstić information content (AvgIpc) is 2.92. The van der Waals surface area contributed by atoms with E-state index in [1.165, 1.54) is 22.5 Å². The van der Waals surface area contributed by atoms with Gasteiger partial charge in [0, 0.05) is 23.7 Å². The zero-order valence-electron chi connectivity index (χ0n) is 15.0. The summed E-state index contributed by atoms with van der Waals surface area (Å²) in [5.41, 5.74) is 3.36. The van der Waals surface area contributed by atoms with Crippen molar-refractivity contribution in [1.29, 1.82) is 0 Å². The van der Waals surface area contributed by atoms with Crippen LogP contribution in [0, 0.1) is 6.92 Å². The number of thiophene rings is 1. The molecule has 0 atom stereocenters. The Hall–Kier alpha value is -2.38. The molecule has 2 amide bonds. The first-order valence-corrected chi connectivity index (χ1v) is 9.43. The third-order valence-corrected chi connectivity index (χ3v) is 5.20. The van der Waals surface area contributed by atoms with Crippen molar-refractivity contribution in [2.24, 2.45) is 0 Å². The maximum atomic E-state index is 12.1. The van der Waals surface area contributed by atoms with Gasteiger partial charge in [-0.15, -0.1) is 11.3 Å². The minimum atomic E-state index is -0.632. The summed E-state index contributed by atoms with van der Waals surface area (Å²) in [6.45, 7) is 3.86. The molecule has 26 heavy (non-hydrogen) atoms. The molecule has 7 heteroatoms. The minimum absolute atomic E-state index is 0.136. The van der Waals surface area contributed by atoms with Crippen molar-refractivity contribution >= 4 is 29.0 Å². The molecule has 0 unspecified atom stereocenters. The maximum absolute atomic E-state index is 12.1. The van der Waals surface area contributed by atoms with Gasteiger partial charge in [0.15, 0.2) is 5.06 Å². The fraction of sp³-hybridized carbons (Fsp3) is 0.368. The maximum Gasteiger partial charge on any atom is 0.413 e. The lowest BCUT2D eigenvalue weighted by Gasteiger charge is -2.11. The van der Waals surface area contributed by atoms with E-state index in [2.05, 4.69) is 28.6 Å². The van der Waals surface area contributed by atoms with Crippen LogP contribution in [-0.2, 0) is 17.6 Å². The molecule has 0 saturated carbocycles. The molecule has 1 aromatic heterocycles. The standard InChI is InChI=1S/C19H23N3O3S/c1-13-3-6-18(26-13)25-19(24)20-12-17(23)21-16-5-4-14-7-9-22(2)10-8-15(14)11-16/h3-6,11H,7-10,12H2,1-2H3,(H,20,24)(H,21,23). The summed E-state index contributed by atoms with van der Waals surface area (Å²) in [5, 5.41) is 5.80. The van der Waals surface area contributed by atoms with Gasteiger partial charge in [-0.05, 0) is 62.2 Å². The Bertz CT molecular complexity index is 803. The first-order valence-electron chi connectivity index (χ1n) is 8.62. The number of rotatable bonds is 4. The van der Waals surface area contributed by atoms with Gasteiger partial charge in [-0.3, -0.25) is 4.79 Å². The quantitative estimate of drug-likeness (QED) is 0.865. The molecule has 1 aliphatic rings. The number of benzene rings is 1. The molecule has 2 N–H and O–H groups in total. The Balaban J connectivity index is 1.49. The highest BCUT2D eigenvalue weighted by atomic mass is 32.1. The molecule has 3 rings (SSSR count). The molecule has 1 aromatic carbocycles. The first-order chi connectivity index (χ1) is 12.5. The topological polar surface area (TPSA) is 70.7 Å². The normalized spacial score (nSPS) is 14.2. The van der Waals surface area contributed by atoms with E-state index in [0.29, 0.717) is 5.06 Å². The van der Waals surface area contributed by atoms with Crippen molar-refractivity contribution in [3.05, 3.63) is 46.3 Å². The second kappa shape index (κ2) is 8.33. The number of carbonyl (C=O) groups excluding carboxylic acids is 2. The lowest BCUT2D eigenvalue weighted by Crippen LogP contribution is -2.34. The summed E-state index contributed by atoms with van der Waals surface area (Å²) in [5.74, 6) is -0.282. The van der Waals surface area contributed by atoms with Crippen LogP contribution < -0.4 is 15.4 Å². The van der Waals surface area contributed by atoms with Crippen LogP contribution in [0.1, 0.15) is 16.0 Å². The van der Waals surface area contributed by atoms with Crippen LogP contribution >= 0.6 is 11.3 Å². The third-order valence-electron chi connectivity index (χ3n) is 4.32. The number of hydrogen-bond donors (Lipinski definition) is 2. The number of ether oxygens (including phenoxy) is 1. The smallest absolute Gasteiger partial charge is 0.399 e. The van der Waals surface area contributed by atoms with Gasteiger partial charge in [0.1, 0.15) is 6.54 Å². The molecular weight excluding hydrogens is 350 g/mol. The first kappa shape index (κ1) is 18.4. The van der Waals surface area contributed by atoms with E-state index in [1.807, 2.05) is 25.1 Å². The number of carbonyl (C=O) groups is 2. The van der Waals surface area contributed by atoms with E-state index in [-0.39, 0.29) is 12.5 Å². The highest BCUT2D eigenvalue weighted by molar-refractivity contribution is 7.13. The summed E-state index contributed by atoms with van der Waals surface area (Å²) in [4.78, 5) is 27.2. The van der Waals surface area contributed by atoms with Gasteiger partial charge < -0.3 is 20.3 Å². The van der Waals surface area contributed by atoms with Crippen molar-refractivity contribution < 1.29 is 14.3 Å². The third kappa shape index (κ3) is 5.06. The largest absolute Gasteiger partial charge is 0.413 e. The summed E-state index contributed by atoms with van der Waals surface area (Å²) in [6, 6.07) is 9.61. The Morgan fingerprint density at radius 3 is 2.65 bits per heavy atom. The van der Waals surface area contributed by atoms with E-state index in [9.17, 15) is 9.59 Å². The van der Waals surface area contributed by atoms with Gasteiger partial charge in [0.05, 0.1) is 0 Å². The number of anilines is 1. The van der Waals surface area contributed by atoms with Gasteiger partial charge in [-0.1, -0.05) is 6.07 Å². The van der Waals surface area contributed by atoms with E-state index in [1.54, 1.807) is 6.07 Å². The zero-order valence-corrected chi connectivity index (χ0v) is 15.8. The van der Waals surface area contributed by atoms with Crippen molar-refractivity contribution in [1.82, 2.24) is 10.2 Å². The average molecular weight is 373 g/mol. The Morgan fingerprint density at radius 2 is 1.92 bits per heavy atom. The number of nitrogens with one attached hydrogen (secondary N) is 2. The number of amides is 2. The molecule has 2 heterocycles. The fourth-order valence-corrected chi connectivity index (χ4v) is 3.57. The number of aryl methyl sites for hydroxylation is 1. The van der Waals surface area contributed by atoms with Gasteiger partial charge >= 0.3 is 6.09 Å². The monoisotopic (exact) mass is 373 g/mol. The van der Waals surface area contributed by atoms with Crippen molar-refractivity contribution in [2.45, 2.75) is 19.8 Å². The lowest BCUT2D eigenvalue weighted by molar-refractivity contribution is -0.115. The predicted octanol–water partition coefficient (Wildman–Crippen LogP) is 2.81. The van der Waals surface area contributed by atoms with Crippen LogP contribution in [0.3, 0.4) is 0 Å². The molecule has 0 bridgehead atoms. The van der Waals surface area contributed by atoms with Crippen LogP contribution in [-0.4, -0.2) is 43.6 Å². The van der Waals surface area contributed by atoms with Gasteiger partial charge in [0.2, 0.25) is 5.91 Å². The van der Waals surface area contributed by atoms with E-state index >= 15 is 0 Å². The van der Waals surface area contributed by atoms with Crippen molar-refractivity contribution in [3.8, 4) is 5.06 Å². The molecule has 0 aliphatic carbocycles. The Kier molecular flexibility index (Phi) is 5.90. The second-order valence-electron chi connectivity index (χ2n) is 6.44. The molecule has 6 nitrogen and oxygen atoms in total. The van der Waals surface area contributed by atoms with Gasteiger partial charge in [0.25, 0.3) is 0 Å². The summed E-state index contributed by atoms with van der Waals surface area (Å²) < 4.78 is 5.12. The van der Waals surface area contributed by atoms with Gasteiger partial charge in [-0.25, -0.2) is 4.79 Å². The van der Waals surface area contributed by atoms with Crippen LogP contribution in [0.4, 0.5) is 10.5 Å². The Morgan fingerprint density at radius 1 is 1.15 bits per heavy atom. The van der Waals surface area contributed by atoms with Crippen LogP contribution in [0.15, 0.2) is 30.3 Å². The van der Waals surface area contributed by atoms with E-state index in [4.69, 9.17) is 4.74 Å². The predicted molar refractivity (Wildman–Crippen MR) is 103 cm³/mol. The molecule has 1 aliphatic heterocycles. The van der Waals surface area contributed by atoms with Crippen molar-refractivity contribution in [2.75, 3.05) is 32.0 Å². The highest BCUT2D eigenvalue weighted by Gasteiger charge is 2.13. The molecule has 138 valence electrons.